The van der Waals surface area contributed by atoms with Crippen LogP contribution in [0.25, 0.3) is 0 Å². The van der Waals surface area contributed by atoms with Crippen LogP contribution in [0.4, 0.5) is 0 Å². The van der Waals surface area contributed by atoms with Crippen LogP contribution >= 0.6 is 0 Å². The molecule has 0 N–H and O–H groups in total. The molecule has 0 spiro atoms. The maximum absolute atomic E-state index is 8.94. The average Bonchev–Trinajstić information content (AvgIpc) is 1.38. The molecule has 0 unspecified atom stereocenters. The van der Waals surface area contributed by atoms with Gasteiger partial charge >= 0.3 is 0 Å². The lowest BCUT2D eigenvalue weighted by molar-refractivity contribution is -0.483. The van der Waals surface area contributed by atoms with Crippen molar-refractivity contribution in [1.82, 2.24) is 0 Å². The summed E-state index contributed by atoms with van der Waals surface area (Å²) in [6, 6.07) is 0. The minimum absolute atomic E-state index is 0.861. The van der Waals surface area contributed by atoms with Crippen molar-refractivity contribution in [2.75, 3.05) is 0 Å². The molecule has 5 heavy (non-hydrogen) atoms. The average molecular weight is 74.0 g/mol. The summed E-state index contributed by atoms with van der Waals surface area (Å²) in [5.74, 6) is 0. The van der Waals surface area contributed by atoms with Crippen molar-refractivity contribution in [2.24, 2.45) is 5.10 Å². The molecule has 0 bridgehead atoms. The van der Waals surface area contributed by atoms with E-state index in [2.05, 4.69) is 11.8 Å². The van der Waals surface area contributed by atoms with Gasteiger partial charge in [-0.1, -0.05) is 0 Å². The molecule has 0 amide bonds. The summed E-state index contributed by atoms with van der Waals surface area (Å²) in [4.78, 5) is 8.94. The molecule has 0 aliphatic carbocycles. The molecule has 0 atom stereocenters. The summed E-state index contributed by atoms with van der Waals surface area (Å²) in [6.07, 6.45) is 0. The van der Waals surface area contributed by atoms with E-state index in [1.54, 1.807) is 0 Å². The quantitative estimate of drug-likeness (QED) is 0.247. The molecule has 0 aromatic heterocycles. The molecular weight excluding hydrogens is 72.0 g/mol. The van der Waals surface area contributed by atoms with E-state index in [4.69, 9.17) is 10.1 Å². The number of rotatable bonds is 1. The second-order valence-corrected chi connectivity index (χ2v) is 0.379. The van der Waals surface area contributed by atoms with E-state index in [-0.39, 0.29) is 0 Å². The molecule has 0 fully saturated rings. The van der Waals surface area contributed by atoms with Crippen molar-refractivity contribution in [3.63, 3.8) is 0 Å². The van der Waals surface area contributed by atoms with Crippen LogP contribution in [-0.2, 0) is 0 Å². The first kappa shape index (κ1) is 4.07. The van der Waals surface area contributed by atoms with Crippen LogP contribution in [0.15, 0.2) is 5.10 Å². The maximum atomic E-state index is 8.94. The van der Waals surface area contributed by atoms with Crippen LogP contribution in [0.2, 0.25) is 0 Å². The van der Waals surface area contributed by atoms with Crippen LogP contribution < -0.4 is 0 Å². The fourth-order valence-corrected chi connectivity index (χ4v) is 0. The number of nitro groups is 1. The molecule has 0 aromatic rings. The summed E-state index contributed by atoms with van der Waals surface area (Å²) in [5.41, 5.74) is 0. The Morgan fingerprint density at radius 1 is 2.00 bits per heavy atom. The van der Waals surface area contributed by atoms with Gasteiger partial charge in [-0.15, -0.1) is 0 Å². The molecule has 0 aliphatic rings. The van der Waals surface area contributed by atoms with Crippen molar-refractivity contribution in [3.05, 3.63) is 10.1 Å². The lowest BCUT2D eigenvalue weighted by Gasteiger charge is -1.62. The number of nitrogens with zero attached hydrogens (tertiary/aromatic N) is 2. The normalized spacial score (nSPS) is 6.40. The van der Waals surface area contributed by atoms with Crippen molar-refractivity contribution in [2.45, 2.75) is 0 Å². The highest BCUT2D eigenvalue weighted by molar-refractivity contribution is 5.20. The molecule has 0 saturated heterocycles. The highest BCUT2D eigenvalue weighted by atomic mass is 16.7. The highest BCUT2D eigenvalue weighted by Gasteiger charge is 1.71. The molecular formula is CH2N2O2. The Kier molecular flexibility index (Phi) is 1.14. The van der Waals surface area contributed by atoms with Crippen LogP contribution in [0.3, 0.4) is 0 Å². The van der Waals surface area contributed by atoms with E-state index in [0.29, 0.717) is 0 Å². The van der Waals surface area contributed by atoms with Gasteiger partial charge in [-0.25, -0.2) is 10.1 Å². The van der Waals surface area contributed by atoms with Gasteiger partial charge in [-0.2, -0.15) is 0 Å². The Bertz CT molecular complexity index is 58.7. The van der Waals surface area contributed by atoms with E-state index < -0.39 is 5.03 Å². The zero-order valence-electron chi connectivity index (χ0n) is 2.42. The van der Waals surface area contributed by atoms with Gasteiger partial charge < -0.3 is 0 Å². The molecule has 0 saturated carbocycles. The predicted octanol–water partition coefficient (Wildman–Crippen LogP) is -0.121. The fourth-order valence-electron chi connectivity index (χ4n) is 0. The standard InChI is InChI=1S/CH2N2O2/c1-2-3(4)5/h1H2. The number of hydrazone groups is 1. The first-order valence-corrected chi connectivity index (χ1v) is 0.881. The van der Waals surface area contributed by atoms with Gasteiger partial charge in [0.25, 0.3) is 0 Å². The zero-order chi connectivity index (χ0) is 4.28. The summed E-state index contributed by atoms with van der Waals surface area (Å²) < 4.78 is 0. The molecule has 28 valence electrons. The molecule has 4 nitrogen and oxygen atoms in total. The summed E-state index contributed by atoms with van der Waals surface area (Å²) in [7, 11) is 0. The fraction of sp³-hybridized carbons (Fsp3) is 0. The Hall–Kier alpha value is -0.930. The van der Waals surface area contributed by atoms with Gasteiger partial charge in [0.05, 0.1) is 6.72 Å². The first-order valence-electron chi connectivity index (χ1n) is 0.881. The summed E-state index contributed by atoms with van der Waals surface area (Å²) >= 11 is 0. The van der Waals surface area contributed by atoms with Crippen LogP contribution in [0, 0.1) is 10.1 Å². The van der Waals surface area contributed by atoms with E-state index in [0.717, 1.165) is 0 Å². The first-order chi connectivity index (χ1) is 2.27. The van der Waals surface area contributed by atoms with Crippen molar-refractivity contribution in [1.29, 1.82) is 0 Å². The molecule has 0 rings (SSSR count). The van der Waals surface area contributed by atoms with Crippen LogP contribution in [0.5, 0.6) is 0 Å². The van der Waals surface area contributed by atoms with E-state index in [1.807, 2.05) is 0 Å². The van der Waals surface area contributed by atoms with Gasteiger partial charge in [0.1, 0.15) is 0 Å². The largest absolute Gasteiger partial charge is 0.233 e. The maximum Gasteiger partial charge on any atom is 0.190 e. The minimum Gasteiger partial charge on any atom is -0.233 e. The van der Waals surface area contributed by atoms with Crippen molar-refractivity contribution >= 4 is 6.72 Å². The molecule has 0 aromatic carbocycles. The van der Waals surface area contributed by atoms with E-state index in [1.165, 1.54) is 0 Å². The lowest BCUT2D eigenvalue weighted by Crippen LogP contribution is -1.78. The Morgan fingerprint density at radius 2 is 2.20 bits per heavy atom. The lowest BCUT2D eigenvalue weighted by atomic mass is 11.7. The summed E-state index contributed by atoms with van der Waals surface area (Å²) in [5, 5.41) is 10.4. The smallest absolute Gasteiger partial charge is 0.190 e. The predicted molar refractivity (Wildman–Crippen MR) is 16.5 cm³/mol. The third-order valence-corrected chi connectivity index (χ3v) is 0.115. The topological polar surface area (TPSA) is 55.5 Å². The van der Waals surface area contributed by atoms with E-state index in [9.17, 15) is 0 Å². The Balaban J connectivity index is 3.20. The zero-order valence-corrected chi connectivity index (χ0v) is 2.42. The SMILES string of the molecule is C=N[N+](=O)[O-]. The third-order valence-electron chi connectivity index (χ3n) is 0.115. The van der Waals surface area contributed by atoms with Gasteiger partial charge in [0, 0.05) is 5.10 Å². The van der Waals surface area contributed by atoms with Gasteiger partial charge in [-0.05, 0) is 0 Å². The molecule has 0 aliphatic heterocycles. The van der Waals surface area contributed by atoms with Crippen molar-refractivity contribution in [3.8, 4) is 0 Å². The Labute approximate surface area is 28.3 Å². The van der Waals surface area contributed by atoms with Crippen LogP contribution in [-0.4, -0.2) is 11.7 Å². The van der Waals surface area contributed by atoms with Gasteiger partial charge in [-0.3, -0.25) is 0 Å². The number of hydrogen-bond acceptors (Lipinski definition) is 2. The van der Waals surface area contributed by atoms with E-state index >= 15 is 0 Å². The second kappa shape index (κ2) is 1.40. The highest BCUT2D eigenvalue weighted by Crippen LogP contribution is 1.56. The third kappa shape index (κ3) is 3.07. The minimum atomic E-state index is -0.861. The monoisotopic (exact) mass is 74.0 g/mol. The summed E-state index contributed by atoms with van der Waals surface area (Å²) in [6.45, 7) is 2.61. The van der Waals surface area contributed by atoms with Crippen LogP contribution in [0.1, 0.15) is 0 Å². The molecule has 0 radical (unpaired) electrons. The molecule has 4 heteroatoms. The van der Waals surface area contributed by atoms with Crippen molar-refractivity contribution < 1.29 is 5.03 Å². The second-order valence-electron chi connectivity index (χ2n) is 0.379. The number of hydrogen-bond donors (Lipinski definition) is 0. The molecule has 0 heterocycles. The van der Waals surface area contributed by atoms with Gasteiger partial charge in [0.15, 0.2) is 5.03 Å². The Morgan fingerprint density at radius 3 is 2.20 bits per heavy atom. The van der Waals surface area contributed by atoms with Gasteiger partial charge in [0.2, 0.25) is 0 Å².